The maximum absolute atomic E-state index is 13.6. The van der Waals surface area contributed by atoms with Gasteiger partial charge < -0.3 is 4.74 Å². The van der Waals surface area contributed by atoms with E-state index in [0.29, 0.717) is 11.3 Å². The van der Waals surface area contributed by atoms with Gasteiger partial charge in [0.05, 0.1) is 10.9 Å². The number of hydrogen-bond donors (Lipinski definition) is 0. The Hall–Kier alpha value is -2.47. The number of benzene rings is 3. The van der Waals surface area contributed by atoms with Gasteiger partial charge in [0.1, 0.15) is 12.3 Å². The van der Waals surface area contributed by atoms with Gasteiger partial charge in [0, 0.05) is 6.42 Å². The van der Waals surface area contributed by atoms with E-state index in [2.05, 4.69) is 0 Å². The molecule has 3 atom stereocenters. The quantitative estimate of drug-likeness (QED) is 0.615. The Kier molecular flexibility index (Phi) is 5.54. The van der Waals surface area contributed by atoms with Crippen LogP contribution in [0.3, 0.4) is 0 Å². The molecule has 0 aliphatic carbocycles. The number of hydrogen-bond acceptors (Lipinski definition) is 3. The van der Waals surface area contributed by atoms with Gasteiger partial charge in [0.15, 0.2) is 0 Å². The minimum atomic E-state index is -3.71. The number of sulfonamides is 1. The summed E-state index contributed by atoms with van der Waals surface area (Å²) in [4.78, 5) is 0.297. The summed E-state index contributed by atoms with van der Waals surface area (Å²) in [6, 6.07) is 26.4. The summed E-state index contributed by atoms with van der Waals surface area (Å²) in [5.74, 6) is 0. The molecule has 0 amide bonds. The molecule has 3 aromatic carbocycles. The highest BCUT2D eigenvalue weighted by Crippen LogP contribution is 2.39. The summed E-state index contributed by atoms with van der Waals surface area (Å²) in [6.45, 7) is 3.87. The first kappa shape index (κ1) is 19.8. The van der Waals surface area contributed by atoms with Gasteiger partial charge in [-0.3, -0.25) is 0 Å². The lowest BCUT2D eigenvalue weighted by atomic mass is 10.0. The van der Waals surface area contributed by atoms with Crippen LogP contribution in [0.5, 0.6) is 0 Å². The van der Waals surface area contributed by atoms with Crippen molar-refractivity contribution < 1.29 is 13.2 Å². The molecule has 4 nitrogen and oxygen atoms in total. The molecule has 0 saturated carbocycles. The summed E-state index contributed by atoms with van der Waals surface area (Å²) in [5.41, 5.74) is 3.06. The lowest BCUT2D eigenvalue weighted by Gasteiger charge is -2.26. The molecule has 0 N–H and O–H groups in total. The van der Waals surface area contributed by atoms with Crippen molar-refractivity contribution in [3.8, 4) is 0 Å². The second-order valence-electron chi connectivity index (χ2n) is 7.50. The molecular formula is C24H25NO3S. The van der Waals surface area contributed by atoms with E-state index in [-0.39, 0.29) is 12.1 Å². The highest BCUT2D eigenvalue weighted by atomic mass is 32.2. The van der Waals surface area contributed by atoms with Crippen molar-refractivity contribution in [1.29, 1.82) is 0 Å². The minimum Gasteiger partial charge on any atom is -0.352 e. The van der Waals surface area contributed by atoms with Crippen molar-refractivity contribution in [2.24, 2.45) is 0 Å². The van der Waals surface area contributed by atoms with E-state index in [4.69, 9.17) is 4.74 Å². The van der Waals surface area contributed by atoms with Gasteiger partial charge in [0.2, 0.25) is 10.0 Å². The Balaban J connectivity index is 1.73. The molecule has 0 radical (unpaired) electrons. The Morgan fingerprint density at radius 1 is 0.862 bits per heavy atom. The second-order valence-corrected chi connectivity index (χ2v) is 9.34. The third-order valence-electron chi connectivity index (χ3n) is 5.40. The van der Waals surface area contributed by atoms with Crippen LogP contribution in [0.15, 0.2) is 89.8 Å². The van der Waals surface area contributed by atoms with Gasteiger partial charge in [0.25, 0.3) is 0 Å². The van der Waals surface area contributed by atoms with Crippen molar-refractivity contribution in [2.75, 3.05) is 0 Å². The van der Waals surface area contributed by atoms with Crippen LogP contribution in [-0.4, -0.2) is 25.0 Å². The summed E-state index contributed by atoms with van der Waals surface area (Å²) < 4.78 is 35.1. The van der Waals surface area contributed by atoms with Gasteiger partial charge in [-0.1, -0.05) is 78.4 Å². The van der Waals surface area contributed by atoms with E-state index in [9.17, 15) is 8.42 Å². The van der Waals surface area contributed by atoms with Gasteiger partial charge in [-0.2, -0.15) is 4.31 Å². The number of rotatable bonds is 5. The Bertz CT molecular complexity index is 1050. The summed E-state index contributed by atoms with van der Waals surface area (Å²) in [7, 11) is -3.71. The van der Waals surface area contributed by atoms with Crippen LogP contribution in [0.25, 0.3) is 0 Å². The molecule has 5 heteroatoms. The highest BCUT2D eigenvalue weighted by molar-refractivity contribution is 7.89. The first-order valence-electron chi connectivity index (χ1n) is 9.81. The average Bonchev–Trinajstić information content (AvgIpc) is 3.06. The normalized spacial score (nSPS) is 22.6. The Labute approximate surface area is 172 Å². The summed E-state index contributed by atoms with van der Waals surface area (Å²) >= 11 is 0. The van der Waals surface area contributed by atoms with Crippen molar-refractivity contribution in [3.05, 3.63) is 102 Å². The molecule has 1 heterocycles. The first-order valence-corrected chi connectivity index (χ1v) is 11.3. The topological polar surface area (TPSA) is 46.6 Å². The molecule has 150 valence electrons. The van der Waals surface area contributed by atoms with Gasteiger partial charge >= 0.3 is 0 Å². The molecule has 1 aliphatic heterocycles. The zero-order valence-corrected chi connectivity index (χ0v) is 17.4. The fraction of sp³-hybridized carbons (Fsp3) is 0.250. The molecule has 29 heavy (non-hydrogen) atoms. The van der Waals surface area contributed by atoms with Crippen LogP contribution >= 0.6 is 0 Å². The molecule has 0 bridgehead atoms. The molecule has 1 saturated heterocycles. The number of ether oxygens (including phenoxy) is 1. The highest BCUT2D eigenvalue weighted by Gasteiger charge is 2.47. The zero-order valence-electron chi connectivity index (χ0n) is 16.6. The van der Waals surface area contributed by atoms with Crippen LogP contribution in [0.4, 0.5) is 0 Å². The van der Waals surface area contributed by atoms with Crippen molar-refractivity contribution in [3.63, 3.8) is 0 Å². The predicted octanol–water partition coefficient (Wildman–Crippen LogP) is 4.71. The van der Waals surface area contributed by atoms with Gasteiger partial charge in [-0.15, -0.1) is 0 Å². The van der Waals surface area contributed by atoms with E-state index in [1.54, 1.807) is 16.4 Å². The van der Waals surface area contributed by atoms with Crippen LogP contribution < -0.4 is 0 Å². The molecule has 0 aromatic heterocycles. The Morgan fingerprint density at radius 3 is 2.07 bits per heavy atom. The monoisotopic (exact) mass is 407 g/mol. The Morgan fingerprint density at radius 2 is 1.45 bits per heavy atom. The van der Waals surface area contributed by atoms with Crippen molar-refractivity contribution in [2.45, 2.75) is 43.5 Å². The van der Waals surface area contributed by atoms with E-state index >= 15 is 0 Å². The fourth-order valence-electron chi connectivity index (χ4n) is 3.90. The lowest BCUT2D eigenvalue weighted by Crippen LogP contribution is -2.41. The summed E-state index contributed by atoms with van der Waals surface area (Å²) in [6.07, 6.45) is -0.381. The number of nitrogens with zero attached hydrogens (tertiary/aromatic N) is 1. The standard InChI is InChI=1S/C24H25NO3S/c1-18-13-15-22(16-14-18)29(26,27)25-19(2)24(21-11-7-4-8-12-21)28-23(25)17-20-9-5-3-6-10-20/h3-16,19,23-24H,17H2,1-2H3/t19-,23-,24-/m1/s1. The largest absolute Gasteiger partial charge is 0.352 e. The smallest absolute Gasteiger partial charge is 0.245 e. The van der Waals surface area contributed by atoms with E-state index in [1.807, 2.05) is 86.6 Å². The van der Waals surface area contributed by atoms with Crippen molar-refractivity contribution >= 4 is 10.0 Å². The van der Waals surface area contributed by atoms with Crippen LogP contribution in [0.2, 0.25) is 0 Å². The SMILES string of the molecule is Cc1ccc(S(=O)(=O)N2[C@H](C)[C@H](c3ccccc3)O[C@@H]2Cc2ccccc2)cc1. The van der Waals surface area contributed by atoms with Crippen LogP contribution in [0, 0.1) is 6.92 Å². The lowest BCUT2D eigenvalue weighted by molar-refractivity contribution is 0.0211. The minimum absolute atomic E-state index is 0.297. The third kappa shape index (κ3) is 3.99. The van der Waals surface area contributed by atoms with Gasteiger partial charge in [-0.05, 0) is 37.1 Å². The van der Waals surface area contributed by atoms with E-state index in [1.165, 1.54) is 0 Å². The molecule has 1 aliphatic rings. The molecule has 4 rings (SSSR count). The second kappa shape index (κ2) is 8.11. The average molecular weight is 408 g/mol. The van der Waals surface area contributed by atoms with E-state index < -0.39 is 16.3 Å². The fourth-order valence-corrected chi connectivity index (χ4v) is 5.60. The number of aryl methyl sites for hydroxylation is 1. The first-order chi connectivity index (χ1) is 14.0. The maximum atomic E-state index is 13.6. The predicted molar refractivity (Wildman–Crippen MR) is 114 cm³/mol. The molecular weight excluding hydrogens is 382 g/mol. The van der Waals surface area contributed by atoms with Gasteiger partial charge in [-0.25, -0.2) is 8.42 Å². The third-order valence-corrected chi connectivity index (χ3v) is 7.40. The maximum Gasteiger partial charge on any atom is 0.245 e. The molecule has 1 fully saturated rings. The molecule has 3 aromatic rings. The van der Waals surface area contributed by atoms with E-state index in [0.717, 1.165) is 16.7 Å². The zero-order chi connectivity index (χ0) is 20.4. The summed E-state index contributed by atoms with van der Waals surface area (Å²) in [5, 5.41) is 0. The van der Waals surface area contributed by atoms with Crippen LogP contribution in [0.1, 0.15) is 29.7 Å². The molecule has 0 spiro atoms. The molecule has 0 unspecified atom stereocenters. The van der Waals surface area contributed by atoms with Crippen LogP contribution in [-0.2, 0) is 21.2 Å². The van der Waals surface area contributed by atoms with Crippen molar-refractivity contribution in [1.82, 2.24) is 4.31 Å².